The molecule has 2 atom stereocenters. The van der Waals surface area contributed by atoms with Crippen LogP contribution in [0.1, 0.15) is 166 Å². The molecule has 0 saturated heterocycles. The van der Waals surface area contributed by atoms with Crippen molar-refractivity contribution >= 4 is 136 Å². The number of rotatable bonds is 12. The van der Waals surface area contributed by atoms with Crippen LogP contribution in [0, 0.1) is 0 Å². The number of hydrazine groups is 2. The van der Waals surface area contributed by atoms with Gasteiger partial charge in [-0.05, 0) is 197 Å². The molecule has 14 aromatic rings. The van der Waals surface area contributed by atoms with Crippen LogP contribution in [-0.2, 0) is 14.1 Å². The molecule has 16 heterocycles. The fourth-order valence-corrected chi connectivity index (χ4v) is 19.0. The second-order valence-electron chi connectivity index (χ2n) is 34.2. The monoisotopic (exact) mass is 1600 g/mol. The number of fused-ring (bicyclic) bond motifs is 12. The number of allylic oxidation sites excluding steroid dienone is 4. The predicted molar refractivity (Wildman–Crippen MR) is 498 cm³/mol. The molecule has 0 unspecified atom stereocenters. The van der Waals surface area contributed by atoms with Crippen LogP contribution in [-0.4, -0.2) is 101 Å². The zero-order valence-corrected chi connectivity index (χ0v) is 73.6. The van der Waals surface area contributed by atoms with Gasteiger partial charge in [0.25, 0.3) is 0 Å². The minimum Gasteiger partial charge on any atom is -0.439 e. The smallest absolute Gasteiger partial charge is 0.378 e. The molecular formula is C97H108B4N16O4+2. The number of aryl methyl sites for hydroxylation is 2. The molecule has 6 aliphatic rings. The molecule has 0 aliphatic carbocycles. The van der Waals surface area contributed by atoms with Crippen molar-refractivity contribution < 1.29 is 26.8 Å². The van der Waals surface area contributed by atoms with Crippen LogP contribution >= 0.6 is 0 Å². The van der Waals surface area contributed by atoms with E-state index >= 15 is 0 Å². The van der Waals surface area contributed by atoms with Crippen molar-refractivity contribution in [3.05, 3.63) is 282 Å². The number of imidazole rings is 2. The summed E-state index contributed by atoms with van der Waals surface area (Å²) in [4.78, 5) is 31.7. The van der Waals surface area contributed by atoms with Gasteiger partial charge in [-0.2, -0.15) is 0 Å². The normalized spacial score (nSPS) is 16.2. The lowest BCUT2D eigenvalue weighted by atomic mass is 9.54. The number of hydrogen-bond acceptors (Lipinski definition) is 16. The van der Waals surface area contributed by atoms with Gasteiger partial charge in [0.15, 0.2) is 0 Å². The van der Waals surface area contributed by atoms with E-state index in [4.69, 9.17) is 17.7 Å². The van der Waals surface area contributed by atoms with Crippen LogP contribution in [0.15, 0.2) is 254 Å². The largest absolute Gasteiger partial charge is 0.439 e. The number of nitrogens with zero attached hydrogens (tertiary/aromatic N) is 16. The quantitative estimate of drug-likeness (QED) is 0.0843. The minimum absolute atomic E-state index is 0.0730. The SMILES string of the molecule is CB1c2c(oc3ncccc23)C=C(C)N1N1C=CN(C)[C@@H]1C.CB1c2c(oc3ncccc23)C=C(C)N1N1C=CN(c2ccccc2)[C@@H]1C.CB1c2c(oc3ncccc23)C=C(C)N1c1n(-c2c(C(C)C)cc(-c3ccccc3)cc2C(C)C)cc[n+]1C.CB1c2c(oc3ncccc23)C=C(C)N1c1n(-c2c(C(C)C)cccc2C(C)C)cc[n+]1C. The average Bonchev–Trinajstić information content (AvgIpc) is 1.61. The Morgan fingerprint density at radius 2 is 0.736 bits per heavy atom. The van der Waals surface area contributed by atoms with Crippen molar-refractivity contribution in [3.8, 4) is 22.5 Å². The summed E-state index contributed by atoms with van der Waals surface area (Å²) in [5, 5.41) is 8.91. The van der Waals surface area contributed by atoms with Crippen molar-refractivity contribution in [1.82, 2.24) is 53.8 Å². The van der Waals surface area contributed by atoms with Gasteiger partial charge in [0.2, 0.25) is 22.9 Å². The molecule has 20 nitrogen and oxygen atoms in total. The Kier molecular flexibility index (Phi) is 21.6. The lowest BCUT2D eigenvalue weighted by Crippen LogP contribution is -2.57. The Morgan fingerprint density at radius 3 is 1.12 bits per heavy atom. The summed E-state index contributed by atoms with van der Waals surface area (Å²) in [6, 6.07) is 49.0. The van der Waals surface area contributed by atoms with Crippen LogP contribution in [0.2, 0.25) is 27.3 Å². The summed E-state index contributed by atoms with van der Waals surface area (Å²) in [7, 11) is 6.36. The molecule has 0 fully saturated rings. The van der Waals surface area contributed by atoms with E-state index in [1.807, 2.05) is 30.3 Å². The molecule has 0 spiro atoms. The van der Waals surface area contributed by atoms with Gasteiger partial charge in [-0.15, -0.1) is 0 Å². The van der Waals surface area contributed by atoms with Crippen LogP contribution in [0.25, 0.3) is 91.2 Å². The van der Waals surface area contributed by atoms with Gasteiger partial charge in [-0.3, -0.25) is 19.6 Å². The van der Waals surface area contributed by atoms with Gasteiger partial charge in [-0.1, -0.05) is 136 Å². The molecule has 10 aromatic heterocycles. The number of furan rings is 4. The van der Waals surface area contributed by atoms with Gasteiger partial charge in [0.05, 0.1) is 37.9 Å². The summed E-state index contributed by atoms with van der Waals surface area (Å²) >= 11 is 0. The first-order chi connectivity index (χ1) is 58.3. The van der Waals surface area contributed by atoms with Crippen molar-refractivity contribution in [2.45, 2.75) is 160 Å². The highest BCUT2D eigenvalue weighted by molar-refractivity contribution is 6.80. The molecule has 6 aliphatic heterocycles. The van der Waals surface area contributed by atoms with Gasteiger partial charge in [-0.25, -0.2) is 38.2 Å². The van der Waals surface area contributed by atoms with Crippen molar-refractivity contribution in [1.29, 1.82) is 0 Å². The standard InChI is InChI=1S/C33H36BN4O.C27H32BN4O.C21H21BN4O.C16H19BN4O/c1-21(2)27-19-25(24-12-9-8-10-13-24)20-28(22(3)4)31(27)37-17-16-36(7)33(37)38-23(5)18-29-30(34(38)6)26-14-11-15-35-32(26)39-29;1-17(2)20-10-8-11-21(18(3)4)25(20)31-15-14-30(7)27(31)32-19(5)16-23-24(28(32)6)22-12-9-13-29-26(22)33-23;1-15-14-19-20(18-10-7-11-23-21(18)27-19)22(3)26(15)25-13-12-24(16(25)2)17-8-5-4-6-9-17;1-11-10-14-15(13-6-5-7-18-16(13)22-14)17(3)21(11)20-9-8-19(4)12(20)2/h8-22H,1-7H3;8-18H,1-7H3;4-14,16H,1-3H3;5-10,12H,1-4H3/q2*+1;;/t;;16-;12-/m..00/s1. The first-order valence-corrected chi connectivity index (χ1v) is 42.7. The van der Waals surface area contributed by atoms with E-state index in [1.165, 1.54) is 78.0 Å². The van der Waals surface area contributed by atoms with E-state index in [1.54, 1.807) is 24.8 Å². The van der Waals surface area contributed by atoms with Crippen LogP contribution < -0.4 is 45.5 Å². The first kappa shape index (κ1) is 80.6. The summed E-state index contributed by atoms with van der Waals surface area (Å²) in [5.41, 5.74) is 23.9. The Labute approximate surface area is 712 Å². The van der Waals surface area contributed by atoms with Crippen LogP contribution in [0.4, 0.5) is 17.6 Å². The number of hydrogen-bond donors (Lipinski definition) is 0. The fraction of sp³-hybridized carbons (Fsp3) is 0.278. The molecule has 0 N–H and O–H groups in total. The maximum Gasteiger partial charge on any atom is 0.378 e. The van der Waals surface area contributed by atoms with Gasteiger partial charge in [0, 0.05) is 129 Å². The summed E-state index contributed by atoms with van der Waals surface area (Å²) in [6.07, 6.45) is 33.4. The van der Waals surface area contributed by atoms with E-state index < -0.39 is 0 Å². The van der Waals surface area contributed by atoms with Gasteiger partial charge < -0.3 is 37.3 Å². The maximum atomic E-state index is 6.17. The molecule has 4 aromatic carbocycles. The summed E-state index contributed by atoms with van der Waals surface area (Å²) in [6.45, 7) is 40.8. The Morgan fingerprint density at radius 1 is 0.380 bits per heavy atom. The summed E-state index contributed by atoms with van der Waals surface area (Å²) in [5.74, 6) is 7.47. The lowest BCUT2D eigenvalue weighted by molar-refractivity contribution is -0.657. The molecule has 0 bridgehead atoms. The molecule has 0 amide bonds. The average molecular weight is 1610 g/mol. The lowest BCUT2D eigenvalue weighted by Gasteiger charge is -2.44. The topological polar surface area (TPSA) is 148 Å². The third-order valence-corrected chi connectivity index (χ3v) is 25.0. The molecule has 24 heteroatoms. The zero-order valence-electron chi connectivity index (χ0n) is 73.6. The minimum atomic E-state index is 0.0730. The molecular weight excluding hydrogens is 1500 g/mol. The molecule has 0 saturated carbocycles. The molecule has 20 rings (SSSR count). The second kappa shape index (κ2) is 32.4. The van der Waals surface area contributed by atoms with Gasteiger partial charge in [0.1, 0.15) is 59.1 Å². The fourth-order valence-electron chi connectivity index (χ4n) is 19.0. The van der Waals surface area contributed by atoms with Crippen LogP contribution in [0.5, 0.6) is 0 Å². The van der Waals surface area contributed by atoms with Gasteiger partial charge >= 0.3 is 39.3 Å². The third-order valence-electron chi connectivity index (χ3n) is 25.0. The highest BCUT2D eigenvalue weighted by Gasteiger charge is 2.46. The second-order valence-corrected chi connectivity index (χ2v) is 34.2. The van der Waals surface area contributed by atoms with E-state index in [-0.39, 0.29) is 33.6 Å². The summed E-state index contributed by atoms with van der Waals surface area (Å²) < 4.78 is 33.5. The van der Waals surface area contributed by atoms with Crippen molar-refractivity contribution in [2.75, 3.05) is 21.6 Å². The molecule has 610 valence electrons. The highest BCUT2D eigenvalue weighted by atomic mass is 16.4. The zero-order chi connectivity index (χ0) is 84.8. The first-order valence-electron chi connectivity index (χ1n) is 42.7. The van der Waals surface area contributed by atoms with E-state index in [2.05, 4.69) is 406 Å². The Bertz CT molecular complexity index is 6400. The predicted octanol–water partition coefficient (Wildman–Crippen LogP) is 18.7. The highest BCUT2D eigenvalue weighted by Crippen LogP contribution is 2.42. The number of anilines is 3. The Hall–Kier alpha value is -12.8. The van der Waals surface area contributed by atoms with E-state index in [9.17, 15) is 0 Å². The third kappa shape index (κ3) is 14.2. The molecule has 0 radical (unpaired) electrons. The van der Waals surface area contributed by atoms with E-state index in [0.717, 1.165) is 73.6 Å². The molecule has 121 heavy (non-hydrogen) atoms. The Balaban J connectivity index is 0.000000117. The number of pyridine rings is 4. The number of para-hydroxylation sites is 2. The maximum absolute atomic E-state index is 6.17. The van der Waals surface area contributed by atoms with Crippen molar-refractivity contribution in [3.63, 3.8) is 0 Å². The van der Waals surface area contributed by atoms with Crippen LogP contribution in [0.3, 0.4) is 0 Å². The van der Waals surface area contributed by atoms with E-state index in [0.29, 0.717) is 52.7 Å². The number of benzene rings is 4. The number of aromatic nitrogens is 8. The van der Waals surface area contributed by atoms with Crippen molar-refractivity contribution in [2.24, 2.45) is 14.1 Å².